The number of carbonyl (C=O) groups excluding carboxylic acids is 5. The molecule has 0 spiro atoms. The minimum absolute atomic E-state index is 0.0517. The molecule has 5 aliphatic rings. The van der Waals surface area contributed by atoms with Gasteiger partial charge in [-0.15, -0.1) is 23.2 Å². The van der Waals surface area contributed by atoms with E-state index in [0.717, 1.165) is 27.3 Å². The number of alkyl halides is 2. The van der Waals surface area contributed by atoms with Gasteiger partial charge < -0.3 is 24.6 Å². The summed E-state index contributed by atoms with van der Waals surface area (Å²) in [6.45, 7) is 4.83. The highest BCUT2D eigenvalue weighted by Crippen LogP contribution is 2.75. The Bertz CT molecular complexity index is 2220. The lowest BCUT2D eigenvalue weighted by atomic mass is 9.34. The van der Waals surface area contributed by atoms with Gasteiger partial charge in [0.05, 0.1) is 22.2 Å². The number of rotatable bonds is 7. The first-order valence-corrected chi connectivity index (χ1v) is 18.0. The van der Waals surface area contributed by atoms with Crippen molar-refractivity contribution in [2.24, 2.45) is 10.8 Å². The average molecular weight is 729 g/mol. The lowest BCUT2D eigenvalue weighted by Gasteiger charge is -2.69. The summed E-state index contributed by atoms with van der Waals surface area (Å²) in [4.78, 5) is 68.4. The Hall–Kier alpha value is -4.67. The molecule has 1 N–H and O–H groups in total. The Kier molecular flexibility index (Phi) is 7.84. The molecule has 2 aliphatic heterocycles. The van der Waals surface area contributed by atoms with Gasteiger partial charge in [-0.25, -0.2) is 0 Å². The van der Waals surface area contributed by atoms with Crippen molar-refractivity contribution >= 4 is 91.5 Å². The van der Waals surface area contributed by atoms with Crippen LogP contribution in [0.15, 0.2) is 54.6 Å². The third-order valence-electron chi connectivity index (χ3n) is 11.0. The van der Waals surface area contributed by atoms with Gasteiger partial charge in [-0.05, 0) is 59.4 Å². The predicted molar refractivity (Wildman–Crippen MR) is 195 cm³/mol. The third kappa shape index (κ3) is 5.09. The van der Waals surface area contributed by atoms with Gasteiger partial charge in [0.2, 0.25) is 17.7 Å². The van der Waals surface area contributed by atoms with Crippen LogP contribution in [-0.2, 0) is 24.0 Å². The number of hydrogen-bond acceptors (Lipinski definition) is 7. The molecular formula is C39H35Cl2N3O7. The number of anilines is 3. The maximum absolute atomic E-state index is 14.5. The normalized spacial score (nSPS) is 24.0. The Morgan fingerprint density at radius 3 is 1.63 bits per heavy atom. The van der Waals surface area contributed by atoms with Crippen molar-refractivity contribution in [2.45, 2.75) is 51.9 Å². The highest BCUT2D eigenvalue weighted by Gasteiger charge is 2.76. The number of benzene rings is 4. The summed E-state index contributed by atoms with van der Waals surface area (Å²) in [5.41, 5.74) is 2.29. The largest absolute Gasteiger partial charge is 0.426 e. The van der Waals surface area contributed by atoms with Crippen LogP contribution in [0.3, 0.4) is 0 Å². The first-order chi connectivity index (χ1) is 24.4. The molecule has 3 saturated carbocycles. The van der Waals surface area contributed by atoms with Crippen LogP contribution in [0.4, 0.5) is 17.1 Å². The van der Waals surface area contributed by atoms with E-state index in [2.05, 4.69) is 5.32 Å². The first kappa shape index (κ1) is 33.5. The number of esters is 2. The minimum Gasteiger partial charge on any atom is -0.426 e. The first-order valence-electron chi connectivity index (χ1n) is 17.0. The predicted octanol–water partition coefficient (Wildman–Crippen LogP) is 7.01. The van der Waals surface area contributed by atoms with E-state index >= 15 is 0 Å². The Morgan fingerprint density at radius 1 is 0.686 bits per heavy atom. The summed E-state index contributed by atoms with van der Waals surface area (Å²) in [6, 6.07) is 16.5. The Labute approximate surface area is 303 Å². The molecule has 4 aromatic rings. The Morgan fingerprint density at radius 2 is 1.16 bits per heavy atom. The maximum atomic E-state index is 14.5. The second kappa shape index (κ2) is 12.0. The smallest absolute Gasteiger partial charge is 0.308 e. The van der Waals surface area contributed by atoms with E-state index in [0.29, 0.717) is 72.2 Å². The van der Waals surface area contributed by atoms with Gasteiger partial charge in [-0.1, -0.05) is 24.3 Å². The zero-order chi connectivity index (χ0) is 36.0. The average Bonchev–Trinajstić information content (AvgIpc) is 3.61. The number of fused-ring (bicyclic) bond motifs is 6. The number of amides is 3. The van der Waals surface area contributed by atoms with Crippen molar-refractivity contribution in [1.29, 1.82) is 0 Å². The van der Waals surface area contributed by atoms with Gasteiger partial charge in [-0.2, -0.15) is 0 Å². The molecule has 2 heterocycles. The maximum Gasteiger partial charge on any atom is 0.308 e. The van der Waals surface area contributed by atoms with E-state index in [9.17, 15) is 24.0 Å². The van der Waals surface area contributed by atoms with E-state index in [1.807, 2.05) is 30.3 Å². The van der Waals surface area contributed by atoms with Crippen molar-refractivity contribution in [2.75, 3.05) is 40.0 Å². The number of halogens is 2. The molecule has 0 saturated heterocycles. The van der Waals surface area contributed by atoms with Gasteiger partial charge in [0.25, 0.3) is 0 Å². The van der Waals surface area contributed by atoms with Gasteiger partial charge in [-0.3, -0.25) is 24.0 Å². The molecule has 262 valence electrons. The van der Waals surface area contributed by atoms with Crippen LogP contribution in [0.25, 0.3) is 21.5 Å². The molecule has 0 radical (unpaired) electrons. The highest BCUT2D eigenvalue weighted by molar-refractivity contribution is 6.20. The molecule has 4 aromatic carbocycles. The Balaban J connectivity index is 1.10. The monoisotopic (exact) mass is 727 g/mol. The molecular weight excluding hydrogens is 693 g/mol. The zero-order valence-electron chi connectivity index (χ0n) is 28.3. The van der Waals surface area contributed by atoms with Crippen LogP contribution in [0.2, 0.25) is 0 Å². The van der Waals surface area contributed by atoms with Gasteiger partial charge in [0, 0.05) is 86.0 Å². The van der Waals surface area contributed by atoms with E-state index in [1.54, 1.807) is 34.1 Å². The molecule has 1 unspecified atom stereocenters. The van der Waals surface area contributed by atoms with Crippen LogP contribution in [-0.4, -0.2) is 54.5 Å². The second-order valence-corrected chi connectivity index (χ2v) is 15.0. The van der Waals surface area contributed by atoms with Crippen molar-refractivity contribution in [3.05, 3.63) is 65.7 Å². The lowest BCUT2D eigenvalue weighted by molar-refractivity contribution is -0.205. The molecule has 3 amide bonds. The van der Waals surface area contributed by atoms with Crippen molar-refractivity contribution in [3.63, 3.8) is 0 Å². The van der Waals surface area contributed by atoms with E-state index in [-0.39, 0.29) is 35.4 Å². The van der Waals surface area contributed by atoms with Crippen LogP contribution < -0.4 is 24.6 Å². The number of nitrogens with one attached hydrogen (secondary N) is 1. The fourth-order valence-corrected chi connectivity index (χ4v) is 9.59. The number of ether oxygens (including phenoxy) is 2. The van der Waals surface area contributed by atoms with Crippen molar-refractivity contribution in [3.8, 4) is 11.5 Å². The number of hydrogen-bond donors (Lipinski definition) is 1. The molecule has 3 aliphatic carbocycles. The lowest BCUT2D eigenvalue weighted by Crippen LogP contribution is -2.73. The van der Waals surface area contributed by atoms with E-state index in [4.69, 9.17) is 32.7 Å². The van der Waals surface area contributed by atoms with Gasteiger partial charge >= 0.3 is 11.9 Å². The fraction of sp³-hybridized carbons (Fsp3) is 0.359. The second-order valence-electron chi connectivity index (χ2n) is 14.4. The third-order valence-corrected chi connectivity index (χ3v) is 11.7. The quantitative estimate of drug-likeness (QED) is 0.123. The molecule has 2 bridgehead atoms. The summed E-state index contributed by atoms with van der Waals surface area (Å²) in [5.74, 6) is -0.362. The molecule has 3 fully saturated rings. The summed E-state index contributed by atoms with van der Waals surface area (Å²) >= 11 is 13.0. The number of nitrogens with zero attached hydrogens (tertiary/aromatic N) is 2. The van der Waals surface area contributed by atoms with Crippen LogP contribution >= 0.6 is 23.2 Å². The van der Waals surface area contributed by atoms with Gasteiger partial charge in [0.1, 0.15) is 11.5 Å². The summed E-state index contributed by atoms with van der Waals surface area (Å²) in [5, 5.41) is 5.89. The van der Waals surface area contributed by atoms with Crippen LogP contribution in [0, 0.1) is 10.8 Å². The van der Waals surface area contributed by atoms with Crippen LogP contribution in [0.1, 0.15) is 63.0 Å². The van der Waals surface area contributed by atoms with E-state index in [1.165, 1.54) is 20.8 Å². The van der Waals surface area contributed by atoms with Crippen molar-refractivity contribution in [1.82, 2.24) is 0 Å². The molecule has 10 nitrogen and oxygen atoms in total. The zero-order valence-corrected chi connectivity index (χ0v) is 29.8. The molecule has 9 rings (SSSR count). The molecule has 12 heteroatoms. The highest BCUT2D eigenvalue weighted by atomic mass is 35.5. The SMILES string of the molecule is CC(=O)Nc1ccc2c(OC(C)=O)cc3c(c2c1)C(CCl)CN3C(=O)C12CC(C(=O)N3C[C@@H](CCl)c4c3cc(OC(C)=O)c3ccccc43)(C1)C2. The topological polar surface area (TPSA) is 122 Å². The van der Waals surface area contributed by atoms with Crippen LogP contribution in [0.5, 0.6) is 11.5 Å². The summed E-state index contributed by atoms with van der Waals surface area (Å²) in [7, 11) is 0. The molecule has 51 heavy (non-hydrogen) atoms. The molecule has 2 atom stereocenters. The standard InChI is InChI=1S/C39H35Cl2N3O7/c1-20(45)42-25-8-9-27-29(10-25)35-24(14-41)16-44(31(35)12-33(27)51-22(3)47)37(49)39-17-38(18-39,19-39)36(48)43-15-23(13-40)34-28-7-5-4-6-26(28)32(11-30(34)43)50-21(2)46/h4-12,23-24H,13-19H2,1-3H3,(H,42,45)/t23-,24?,38?,39?/m1/s1. The summed E-state index contributed by atoms with van der Waals surface area (Å²) < 4.78 is 11.2. The van der Waals surface area contributed by atoms with Crippen molar-refractivity contribution < 1.29 is 33.4 Å². The fourth-order valence-electron chi connectivity index (χ4n) is 9.09. The van der Waals surface area contributed by atoms with Gasteiger partial charge in [0.15, 0.2) is 0 Å². The summed E-state index contributed by atoms with van der Waals surface area (Å²) in [6.07, 6.45) is 1.23. The number of carbonyl (C=O) groups is 5. The van der Waals surface area contributed by atoms with E-state index < -0.39 is 22.8 Å². The minimum atomic E-state index is -0.705. The molecule has 0 aromatic heterocycles.